The number of nitrogens with zero attached hydrogens (tertiary/aromatic N) is 2. The van der Waals surface area contributed by atoms with Crippen LogP contribution in [0.5, 0.6) is 0 Å². The molecule has 1 heterocycles. The number of hydrogen-bond donors (Lipinski definition) is 3. The number of halogens is 1. The van der Waals surface area contributed by atoms with Crippen molar-refractivity contribution in [1.82, 2.24) is 20.4 Å². The molecule has 0 aliphatic heterocycles. The summed E-state index contributed by atoms with van der Waals surface area (Å²) >= 11 is 11.5. The largest absolute Gasteiger partial charge is 0.330 e. The Balaban J connectivity index is 1.67. The SMILES string of the molecule is CCn1c(C)nc2cc(C(=O)NNC(=S)Nc3c(C)cc(C)cc3Cl)ccc21. The predicted molar refractivity (Wildman–Crippen MR) is 118 cm³/mol. The molecule has 146 valence electrons. The Morgan fingerprint density at radius 2 is 1.93 bits per heavy atom. The number of carbonyl (C=O) groups excluding carboxylic acids is 1. The molecule has 3 N–H and O–H groups in total. The third-order valence-electron chi connectivity index (χ3n) is 4.48. The van der Waals surface area contributed by atoms with Crippen LogP contribution in [0.25, 0.3) is 11.0 Å². The molecule has 0 saturated carbocycles. The number of thiocarbonyl (C=S) groups is 1. The third kappa shape index (κ3) is 4.10. The minimum atomic E-state index is -0.304. The Morgan fingerprint density at radius 3 is 2.61 bits per heavy atom. The van der Waals surface area contributed by atoms with Gasteiger partial charge in [-0.1, -0.05) is 17.7 Å². The van der Waals surface area contributed by atoms with E-state index in [1.807, 2.05) is 39.0 Å². The molecule has 0 aliphatic carbocycles. The van der Waals surface area contributed by atoms with E-state index in [1.165, 1.54) is 0 Å². The van der Waals surface area contributed by atoms with Gasteiger partial charge in [-0.15, -0.1) is 0 Å². The van der Waals surface area contributed by atoms with E-state index in [1.54, 1.807) is 12.1 Å². The zero-order valence-corrected chi connectivity index (χ0v) is 17.8. The smallest absolute Gasteiger partial charge is 0.269 e. The number of aromatic nitrogens is 2. The summed E-state index contributed by atoms with van der Waals surface area (Å²) in [5.74, 6) is 0.616. The average Bonchev–Trinajstić information content (AvgIpc) is 2.96. The number of carbonyl (C=O) groups is 1. The summed E-state index contributed by atoms with van der Waals surface area (Å²) in [6.45, 7) is 8.76. The van der Waals surface area contributed by atoms with Crippen molar-refractivity contribution < 1.29 is 4.79 Å². The van der Waals surface area contributed by atoms with Crippen LogP contribution >= 0.6 is 23.8 Å². The van der Waals surface area contributed by atoms with Gasteiger partial charge in [0.1, 0.15) is 5.82 Å². The van der Waals surface area contributed by atoms with Crippen LogP contribution in [0, 0.1) is 20.8 Å². The van der Waals surface area contributed by atoms with Crippen LogP contribution in [-0.2, 0) is 6.54 Å². The van der Waals surface area contributed by atoms with Crippen molar-refractivity contribution in [3.8, 4) is 0 Å². The summed E-state index contributed by atoms with van der Waals surface area (Å²) in [6, 6.07) is 9.29. The standard InChI is InChI=1S/C20H22ClN5OS/c1-5-26-13(4)22-16-10-14(6-7-17(16)26)19(27)24-25-20(28)23-18-12(3)8-11(2)9-15(18)21/h6-10H,5H2,1-4H3,(H,24,27)(H2,23,25,28). The van der Waals surface area contributed by atoms with Crippen LogP contribution < -0.4 is 16.2 Å². The maximum Gasteiger partial charge on any atom is 0.269 e. The lowest BCUT2D eigenvalue weighted by molar-refractivity contribution is 0.0944. The number of nitrogens with one attached hydrogen (secondary N) is 3. The maximum atomic E-state index is 12.5. The number of hydrogen-bond acceptors (Lipinski definition) is 3. The van der Waals surface area contributed by atoms with E-state index in [9.17, 15) is 4.79 Å². The van der Waals surface area contributed by atoms with E-state index < -0.39 is 0 Å². The van der Waals surface area contributed by atoms with Gasteiger partial charge in [-0.05, 0) is 75.3 Å². The summed E-state index contributed by atoms with van der Waals surface area (Å²) in [5, 5.41) is 3.83. The van der Waals surface area contributed by atoms with Crippen molar-refractivity contribution in [3.63, 3.8) is 0 Å². The van der Waals surface area contributed by atoms with Crippen LogP contribution in [-0.4, -0.2) is 20.6 Å². The molecule has 28 heavy (non-hydrogen) atoms. The molecule has 6 nitrogen and oxygen atoms in total. The Kier molecular flexibility index (Phi) is 5.86. The number of hydrazine groups is 1. The van der Waals surface area contributed by atoms with Crippen LogP contribution in [0.3, 0.4) is 0 Å². The van der Waals surface area contributed by atoms with Gasteiger partial charge in [0, 0.05) is 12.1 Å². The van der Waals surface area contributed by atoms with Crippen molar-refractivity contribution >= 4 is 51.6 Å². The number of benzene rings is 2. The van der Waals surface area contributed by atoms with E-state index in [0.29, 0.717) is 16.3 Å². The summed E-state index contributed by atoms with van der Waals surface area (Å²) in [7, 11) is 0. The lowest BCUT2D eigenvalue weighted by Gasteiger charge is -2.15. The lowest BCUT2D eigenvalue weighted by atomic mass is 10.1. The van der Waals surface area contributed by atoms with E-state index >= 15 is 0 Å². The van der Waals surface area contributed by atoms with Crippen molar-refractivity contribution in [1.29, 1.82) is 0 Å². The Morgan fingerprint density at radius 1 is 1.18 bits per heavy atom. The highest BCUT2D eigenvalue weighted by Crippen LogP contribution is 2.27. The molecular formula is C20H22ClN5OS. The summed E-state index contributed by atoms with van der Waals surface area (Å²) in [5.41, 5.74) is 10.3. The van der Waals surface area contributed by atoms with Crippen LogP contribution in [0.15, 0.2) is 30.3 Å². The molecule has 0 bridgehead atoms. The second-order valence-electron chi connectivity index (χ2n) is 6.58. The van der Waals surface area contributed by atoms with Gasteiger partial charge < -0.3 is 9.88 Å². The van der Waals surface area contributed by atoms with Gasteiger partial charge in [-0.3, -0.25) is 15.6 Å². The number of imidazole rings is 1. The molecule has 0 spiro atoms. The fourth-order valence-electron chi connectivity index (χ4n) is 3.20. The summed E-state index contributed by atoms with van der Waals surface area (Å²) in [6.07, 6.45) is 0. The highest BCUT2D eigenvalue weighted by Gasteiger charge is 2.12. The molecule has 0 fully saturated rings. The van der Waals surface area contributed by atoms with Crippen LogP contribution in [0.1, 0.15) is 34.2 Å². The zero-order chi connectivity index (χ0) is 20.4. The van der Waals surface area contributed by atoms with Crippen molar-refractivity contribution in [2.75, 3.05) is 5.32 Å². The first-order valence-corrected chi connectivity index (χ1v) is 9.69. The van der Waals surface area contributed by atoms with E-state index in [0.717, 1.165) is 34.5 Å². The lowest BCUT2D eigenvalue weighted by Crippen LogP contribution is -2.43. The molecular weight excluding hydrogens is 394 g/mol. The molecule has 3 aromatic rings. The minimum Gasteiger partial charge on any atom is -0.330 e. The molecule has 0 aliphatic rings. The van der Waals surface area contributed by atoms with Gasteiger partial charge in [0.15, 0.2) is 5.11 Å². The molecule has 1 aromatic heterocycles. The van der Waals surface area contributed by atoms with Gasteiger partial charge in [-0.2, -0.15) is 0 Å². The quantitative estimate of drug-likeness (QED) is 0.440. The van der Waals surface area contributed by atoms with Gasteiger partial charge in [0.25, 0.3) is 5.91 Å². The molecule has 0 atom stereocenters. The highest BCUT2D eigenvalue weighted by molar-refractivity contribution is 7.80. The van der Waals surface area contributed by atoms with Crippen LogP contribution in [0.4, 0.5) is 5.69 Å². The van der Waals surface area contributed by atoms with E-state index in [4.69, 9.17) is 23.8 Å². The molecule has 1 amide bonds. The van der Waals surface area contributed by atoms with Crippen molar-refractivity contribution in [3.05, 3.63) is 57.9 Å². The topological polar surface area (TPSA) is 71.0 Å². The summed E-state index contributed by atoms with van der Waals surface area (Å²) < 4.78 is 2.10. The van der Waals surface area contributed by atoms with Gasteiger partial charge in [0.2, 0.25) is 0 Å². The third-order valence-corrected chi connectivity index (χ3v) is 4.98. The minimum absolute atomic E-state index is 0.245. The predicted octanol–water partition coefficient (Wildman–Crippen LogP) is 4.27. The van der Waals surface area contributed by atoms with Gasteiger partial charge in [-0.25, -0.2) is 4.98 Å². The van der Waals surface area contributed by atoms with E-state index in [2.05, 4.69) is 32.6 Å². The second kappa shape index (κ2) is 8.16. The summed E-state index contributed by atoms with van der Waals surface area (Å²) in [4.78, 5) is 17.0. The Bertz CT molecular complexity index is 1050. The molecule has 0 unspecified atom stereocenters. The highest BCUT2D eigenvalue weighted by atomic mass is 35.5. The van der Waals surface area contributed by atoms with Gasteiger partial charge >= 0.3 is 0 Å². The molecule has 0 radical (unpaired) electrons. The van der Waals surface area contributed by atoms with Crippen molar-refractivity contribution in [2.24, 2.45) is 0 Å². The molecule has 8 heteroatoms. The van der Waals surface area contributed by atoms with Crippen LogP contribution in [0.2, 0.25) is 5.02 Å². The number of fused-ring (bicyclic) bond motifs is 1. The normalized spacial score (nSPS) is 10.8. The maximum absolute atomic E-state index is 12.5. The first-order valence-electron chi connectivity index (χ1n) is 8.91. The number of amides is 1. The monoisotopic (exact) mass is 415 g/mol. The second-order valence-corrected chi connectivity index (χ2v) is 7.39. The molecule has 3 rings (SSSR count). The Labute approximate surface area is 174 Å². The fraction of sp³-hybridized carbons (Fsp3) is 0.250. The first-order chi connectivity index (χ1) is 13.3. The number of anilines is 1. The molecule has 0 saturated heterocycles. The van der Waals surface area contributed by atoms with Crippen molar-refractivity contribution in [2.45, 2.75) is 34.2 Å². The molecule has 2 aromatic carbocycles. The number of rotatable bonds is 3. The van der Waals surface area contributed by atoms with E-state index in [-0.39, 0.29) is 11.0 Å². The van der Waals surface area contributed by atoms with Gasteiger partial charge in [0.05, 0.1) is 21.7 Å². The Hall–Kier alpha value is -2.64. The average molecular weight is 416 g/mol. The zero-order valence-electron chi connectivity index (χ0n) is 16.2. The number of aryl methyl sites for hydroxylation is 4. The fourth-order valence-corrected chi connectivity index (χ4v) is 3.72. The first kappa shape index (κ1) is 20.1.